The maximum Gasteiger partial charge on any atom is 0.225 e. The maximum absolute atomic E-state index is 4.39. The van der Waals surface area contributed by atoms with E-state index in [1.54, 1.807) is 0 Å². The first-order valence-electron chi connectivity index (χ1n) is 6.41. The molecule has 0 aliphatic carbocycles. The van der Waals surface area contributed by atoms with Crippen molar-refractivity contribution in [2.75, 3.05) is 25.0 Å². The fourth-order valence-electron chi connectivity index (χ4n) is 2.38. The van der Waals surface area contributed by atoms with E-state index in [4.69, 9.17) is 0 Å². The van der Waals surface area contributed by atoms with Gasteiger partial charge in [0.1, 0.15) is 0 Å². The summed E-state index contributed by atoms with van der Waals surface area (Å²) in [6.45, 7) is 6.42. The molecule has 0 bridgehead atoms. The molecule has 1 aromatic heterocycles. The SMILES string of the molecule is CNC(C)C1CCN(c2ncc(C)cn2)CC1. The number of aryl methyl sites for hydroxylation is 1. The Hall–Kier alpha value is -1.16. The Bertz CT molecular complexity index is 341. The van der Waals surface area contributed by atoms with Crippen molar-refractivity contribution >= 4 is 5.95 Å². The fraction of sp³-hybridized carbons (Fsp3) is 0.692. The van der Waals surface area contributed by atoms with Gasteiger partial charge >= 0.3 is 0 Å². The highest BCUT2D eigenvalue weighted by Crippen LogP contribution is 2.22. The average Bonchev–Trinajstić information content (AvgIpc) is 2.39. The van der Waals surface area contributed by atoms with E-state index in [1.807, 2.05) is 26.4 Å². The van der Waals surface area contributed by atoms with Crippen LogP contribution in [0, 0.1) is 12.8 Å². The summed E-state index contributed by atoms with van der Waals surface area (Å²) in [4.78, 5) is 11.1. The summed E-state index contributed by atoms with van der Waals surface area (Å²) in [5, 5.41) is 3.35. The van der Waals surface area contributed by atoms with Crippen LogP contribution in [0.2, 0.25) is 0 Å². The molecule has 0 radical (unpaired) electrons. The Kier molecular flexibility index (Phi) is 3.94. The zero-order valence-electron chi connectivity index (χ0n) is 11.0. The van der Waals surface area contributed by atoms with Gasteiger partial charge in [0.2, 0.25) is 5.95 Å². The number of rotatable bonds is 3. The summed E-state index contributed by atoms with van der Waals surface area (Å²) in [6.07, 6.45) is 6.23. The van der Waals surface area contributed by atoms with Crippen LogP contribution < -0.4 is 10.2 Å². The molecule has 94 valence electrons. The second-order valence-electron chi connectivity index (χ2n) is 4.96. The standard InChI is InChI=1S/C13H22N4/c1-10-8-15-13(16-9-10)17-6-4-12(5-7-17)11(2)14-3/h8-9,11-12,14H,4-7H2,1-3H3. The zero-order valence-corrected chi connectivity index (χ0v) is 11.0. The quantitative estimate of drug-likeness (QED) is 0.862. The van der Waals surface area contributed by atoms with Gasteiger partial charge in [-0.1, -0.05) is 0 Å². The van der Waals surface area contributed by atoms with Crippen LogP contribution >= 0.6 is 0 Å². The highest BCUT2D eigenvalue weighted by Gasteiger charge is 2.23. The first-order chi connectivity index (χ1) is 8.20. The van der Waals surface area contributed by atoms with Crippen LogP contribution in [0.5, 0.6) is 0 Å². The Morgan fingerprint density at radius 2 is 1.88 bits per heavy atom. The third-order valence-corrected chi connectivity index (χ3v) is 3.75. The second kappa shape index (κ2) is 5.45. The van der Waals surface area contributed by atoms with Gasteiger partial charge in [-0.05, 0) is 45.2 Å². The van der Waals surface area contributed by atoms with E-state index in [0.717, 1.165) is 30.5 Å². The van der Waals surface area contributed by atoms with Crippen LogP contribution in [0.1, 0.15) is 25.3 Å². The molecular formula is C13H22N4. The minimum atomic E-state index is 0.607. The summed E-state index contributed by atoms with van der Waals surface area (Å²) < 4.78 is 0. The maximum atomic E-state index is 4.39. The van der Waals surface area contributed by atoms with Crippen molar-refractivity contribution in [1.29, 1.82) is 0 Å². The summed E-state index contributed by atoms with van der Waals surface area (Å²) in [6, 6.07) is 0.607. The highest BCUT2D eigenvalue weighted by atomic mass is 15.2. The van der Waals surface area contributed by atoms with Gasteiger partial charge in [-0.25, -0.2) is 9.97 Å². The number of piperidine rings is 1. The normalized spacial score (nSPS) is 19.4. The fourth-order valence-corrected chi connectivity index (χ4v) is 2.38. The van der Waals surface area contributed by atoms with Crippen LogP contribution in [0.15, 0.2) is 12.4 Å². The Morgan fingerprint density at radius 1 is 1.29 bits per heavy atom. The van der Waals surface area contributed by atoms with Gasteiger partial charge in [-0.15, -0.1) is 0 Å². The minimum absolute atomic E-state index is 0.607. The van der Waals surface area contributed by atoms with Gasteiger partial charge in [0, 0.05) is 31.5 Å². The Labute approximate surface area is 103 Å². The molecule has 1 saturated heterocycles. The van der Waals surface area contributed by atoms with Crippen LogP contribution in [0.4, 0.5) is 5.95 Å². The molecule has 0 saturated carbocycles. The van der Waals surface area contributed by atoms with Gasteiger partial charge in [0.05, 0.1) is 0 Å². The van der Waals surface area contributed by atoms with Gasteiger partial charge in [-0.2, -0.15) is 0 Å². The van der Waals surface area contributed by atoms with Crippen LogP contribution in [0.3, 0.4) is 0 Å². The van der Waals surface area contributed by atoms with Gasteiger partial charge in [0.25, 0.3) is 0 Å². The van der Waals surface area contributed by atoms with E-state index < -0.39 is 0 Å². The molecule has 0 amide bonds. The van der Waals surface area contributed by atoms with E-state index in [2.05, 4.69) is 27.1 Å². The van der Waals surface area contributed by atoms with Crippen molar-refractivity contribution in [2.24, 2.45) is 5.92 Å². The monoisotopic (exact) mass is 234 g/mol. The highest BCUT2D eigenvalue weighted by molar-refractivity contribution is 5.30. The van der Waals surface area contributed by atoms with Gasteiger partial charge in [0.15, 0.2) is 0 Å². The number of nitrogens with zero attached hydrogens (tertiary/aromatic N) is 3. The lowest BCUT2D eigenvalue weighted by atomic mass is 9.90. The van der Waals surface area contributed by atoms with E-state index >= 15 is 0 Å². The molecule has 4 nitrogen and oxygen atoms in total. The summed E-state index contributed by atoms with van der Waals surface area (Å²) >= 11 is 0. The van der Waals surface area contributed by atoms with Crippen molar-refractivity contribution in [1.82, 2.24) is 15.3 Å². The average molecular weight is 234 g/mol. The molecule has 1 unspecified atom stereocenters. The van der Waals surface area contributed by atoms with Gasteiger partial charge < -0.3 is 10.2 Å². The third kappa shape index (κ3) is 2.94. The molecule has 0 aromatic carbocycles. The lowest BCUT2D eigenvalue weighted by Crippen LogP contribution is -2.41. The van der Waals surface area contributed by atoms with E-state index in [0.29, 0.717) is 6.04 Å². The largest absolute Gasteiger partial charge is 0.341 e. The minimum Gasteiger partial charge on any atom is -0.341 e. The predicted molar refractivity (Wildman–Crippen MR) is 70.2 cm³/mol. The molecule has 1 fully saturated rings. The first kappa shape index (κ1) is 12.3. The molecule has 1 atom stereocenters. The first-order valence-corrected chi connectivity index (χ1v) is 6.41. The molecule has 1 N–H and O–H groups in total. The summed E-state index contributed by atoms with van der Waals surface area (Å²) in [5.41, 5.74) is 1.12. The molecule has 1 aliphatic rings. The lowest BCUT2D eigenvalue weighted by Gasteiger charge is -2.34. The molecule has 1 aromatic rings. The molecule has 2 rings (SSSR count). The van der Waals surface area contributed by atoms with E-state index in [1.165, 1.54) is 12.8 Å². The number of hydrogen-bond acceptors (Lipinski definition) is 4. The smallest absolute Gasteiger partial charge is 0.225 e. The lowest BCUT2D eigenvalue weighted by molar-refractivity contribution is 0.322. The number of nitrogens with one attached hydrogen (secondary N) is 1. The summed E-state index contributed by atoms with van der Waals surface area (Å²) in [5.74, 6) is 1.66. The molecule has 17 heavy (non-hydrogen) atoms. The number of aromatic nitrogens is 2. The van der Waals surface area contributed by atoms with Crippen molar-refractivity contribution < 1.29 is 0 Å². The molecular weight excluding hydrogens is 212 g/mol. The predicted octanol–water partition coefficient (Wildman–Crippen LogP) is 1.61. The van der Waals surface area contributed by atoms with Crippen molar-refractivity contribution in [2.45, 2.75) is 32.7 Å². The van der Waals surface area contributed by atoms with Crippen LogP contribution in [-0.2, 0) is 0 Å². The molecule has 1 aliphatic heterocycles. The van der Waals surface area contributed by atoms with Gasteiger partial charge in [-0.3, -0.25) is 0 Å². The van der Waals surface area contributed by atoms with Crippen molar-refractivity contribution in [3.63, 3.8) is 0 Å². The van der Waals surface area contributed by atoms with Crippen molar-refractivity contribution in [3.8, 4) is 0 Å². The van der Waals surface area contributed by atoms with E-state index in [-0.39, 0.29) is 0 Å². The number of hydrogen-bond donors (Lipinski definition) is 1. The zero-order chi connectivity index (χ0) is 12.3. The van der Waals surface area contributed by atoms with E-state index in [9.17, 15) is 0 Å². The molecule has 2 heterocycles. The molecule has 0 spiro atoms. The Balaban J connectivity index is 1.93. The second-order valence-corrected chi connectivity index (χ2v) is 4.96. The molecule has 4 heteroatoms. The third-order valence-electron chi connectivity index (χ3n) is 3.75. The number of anilines is 1. The van der Waals surface area contributed by atoms with Crippen molar-refractivity contribution in [3.05, 3.63) is 18.0 Å². The topological polar surface area (TPSA) is 41.0 Å². The van der Waals surface area contributed by atoms with Crippen LogP contribution in [-0.4, -0.2) is 36.1 Å². The van der Waals surface area contributed by atoms with Crippen LogP contribution in [0.25, 0.3) is 0 Å². The Morgan fingerprint density at radius 3 is 2.41 bits per heavy atom. The summed E-state index contributed by atoms with van der Waals surface area (Å²) in [7, 11) is 2.04.